The molecule has 3 nitrogen and oxygen atoms in total. The molecule has 0 radical (unpaired) electrons. The quantitative estimate of drug-likeness (QED) is 0.800. The van der Waals surface area contributed by atoms with Crippen LogP contribution in [0.2, 0.25) is 0 Å². The molecule has 98 valence electrons. The van der Waals surface area contributed by atoms with Crippen molar-refractivity contribution in [1.82, 2.24) is 0 Å². The number of hydrogen-bond acceptors (Lipinski definition) is 3. The Morgan fingerprint density at radius 1 is 1.11 bits per heavy atom. The van der Waals surface area contributed by atoms with Gasteiger partial charge in [0.25, 0.3) is 0 Å². The van der Waals surface area contributed by atoms with Crippen molar-refractivity contribution in [2.24, 2.45) is 0 Å². The average molecular weight is 321 g/mol. The maximum atomic E-state index is 11.1. The van der Waals surface area contributed by atoms with Crippen LogP contribution in [0.15, 0.2) is 53.0 Å². The number of ether oxygens (including phenoxy) is 2. The van der Waals surface area contributed by atoms with Gasteiger partial charge < -0.3 is 9.47 Å². The van der Waals surface area contributed by atoms with Crippen LogP contribution in [0.25, 0.3) is 0 Å². The van der Waals surface area contributed by atoms with E-state index in [1.165, 1.54) is 7.11 Å². The molecule has 2 aromatic carbocycles. The zero-order valence-electron chi connectivity index (χ0n) is 10.4. The number of methoxy groups -OCH3 is 1. The molecule has 0 saturated carbocycles. The number of carbonyl (C=O) groups excluding carboxylic acids is 1. The topological polar surface area (TPSA) is 35.5 Å². The molecule has 0 amide bonds. The molecule has 0 fully saturated rings. The number of benzene rings is 2. The lowest BCUT2D eigenvalue weighted by molar-refractivity contribution is -0.139. The summed E-state index contributed by atoms with van der Waals surface area (Å²) in [5, 5.41) is 0. The van der Waals surface area contributed by atoms with E-state index in [-0.39, 0.29) is 12.4 Å². The van der Waals surface area contributed by atoms with Crippen LogP contribution in [-0.2, 0) is 16.0 Å². The van der Waals surface area contributed by atoms with E-state index in [1.54, 1.807) is 0 Å². The summed E-state index contributed by atoms with van der Waals surface area (Å²) in [6.45, 7) is 0. The van der Waals surface area contributed by atoms with Crippen molar-refractivity contribution in [2.75, 3.05) is 7.11 Å². The average Bonchev–Trinajstić information content (AvgIpc) is 2.41. The summed E-state index contributed by atoms with van der Waals surface area (Å²) in [6.07, 6.45) is 0.271. The summed E-state index contributed by atoms with van der Waals surface area (Å²) in [7, 11) is 1.38. The number of halogens is 1. The highest BCUT2D eigenvalue weighted by Gasteiger charge is 2.03. The smallest absolute Gasteiger partial charge is 0.309 e. The molecular formula is C15H13BrO3. The fraction of sp³-hybridized carbons (Fsp3) is 0.133. The molecule has 0 aliphatic rings. The molecule has 19 heavy (non-hydrogen) atoms. The molecule has 0 atom stereocenters. The van der Waals surface area contributed by atoms with Crippen molar-refractivity contribution in [3.8, 4) is 11.5 Å². The molecule has 0 unspecified atom stereocenters. The highest BCUT2D eigenvalue weighted by molar-refractivity contribution is 9.10. The molecule has 2 aromatic rings. The summed E-state index contributed by atoms with van der Waals surface area (Å²) in [4.78, 5) is 11.1. The van der Waals surface area contributed by atoms with Crippen LogP contribution in [0.3, 0.4) is 0 Å². The van der Waals surface area contributed by atoms with E-state index in [0.29, 0.717) is 0 Å². The zero-order chi connectivity index (χ0) is 13.7. The van der Waals surface area contributed by atoms with E-state index in [0.717, 1.165) is 21.5 Å². The Labute approximate surface area is 120 Å². The van der Waals surface area contributed by atoms with Gasteiger partial charge in [0.1, 0.15) is 11.5 Å². The van der Waals surface area contributed by atoms with Crippen LogP contribution in [-0.4, -0.2) is 13.1 Å². The van der Waals surface area contributed by atoms with Crippen molar-refractivity contribution >= 4 is 21.9 Å². The van der Waals surface area contributed by atoms with E-state index in [4.69, 9.17) is 4.74 Å². The van der Waals surface area contributed by atoms with E-state index in [1.807, 2.05) is 48.5 Å². The predicted molar refractivity (Wildman–Crippen MR) is 76.4 cm³/mol. The second kappa shape index (κ2) is 6.38. The summed E-state index contributed by atoms with van der Waals surface area (Å²) < 4.78 is 11.3. The Bertz CT molecular complexity index is 564. The van der Waals surface area contributed by atoms with Crippen LogP contribution in [0.4, 0.5) is 0 Å². The zero-order valence-corrected chi connectivity index (χ0v) is 12.0. The van der Waals surface area contributed by atoms with E-state index in [2.05, 4.69) is 20.7 Å². The molecule has 0 N–H and O–H groups in total. The van der Waals surface area contributed by atoms with E-state index in [9.17, 15) is 4.79 Å². The lowest BCUT2D eigenvalue weighted by atomic mass is 10.1. The van der Waals surface area contributed by atoms with Gasteiger partial charge in [0.2, 0.25) is 0 Å². The van der Waals surface area contributed by atoms with Gasteiger partial charge in [-0.15, -0.1) is 0 Å². The highest BCUT2D eigenvalue weighted by atomic mass is 79.9. The van der Waals surface area contributed by atoms with Crippen LogP contribution in [0.1, 0.15) is 5.56 Å². The molecule has 2 rings (SSSR count). The fourth-order valence-corrected chi connectivity index (χ4v) is 1.96. The molecule has 4 heteroatoms. The minimum atomic E-state index is -0.249. The highest BCUT2D eigenvalue weighted by Crippen LogP contribution is 2.24. The Morgan fingerprint density at radius 2 is 1.84 bits per heavy atom. The van der Waals surface area contributed by atoms with Gasteiger partial charge in [-0.05, 0) is 35.9 Å². The van der Waals surface area contributed by atoms with Gasteiger partial charge in [0.15, 0.2) is 0 Å². The van der Waals surface area contributed by atoms with Gasteiger partial charge in [-0.3, -0.25) is 4.79 Å². The number of carbonyl (C=O) groups is 1. The molecule has 0 spiro atoms. The first-order chi connectivity index (χ1) is 9.17. The van der Waals surface area contributed by atoms with Crippen molar-refractivity contribution in [3.05, 3.63) is 58.6 Å². The first-order valence-corrected chi connectivity index (χ1v) is 6.56. The van der Waals surface area contributed by atoms with Crippen LogP contribution >= 0.6 is 15.9 Å². The van der Waals surface area contributed by atoms with Crippen molar-refractivity contribution in [2.45, 2.75) is 6.42 Å². The largest absolute Gasteiger partial charge is 0.469 e. The lowest BCUT2D eigenvalue weighted by Crippen LogP contribution is -2.04. The van der Waals surface area contributed by atoms with Crippen molar-refractivity contribution in [3.63, 3.8) is 0 Å². The summed E-state index contributed by atoms with van der Waals surface area (Å²) >= 11 is 3.39. The molecular weight excluding hydrogens is 308 g/mol. The number of esters is 1. The van der Waals surface area contributed by atoms with Crippen molar-refractivity contribution < 1.29 is 14.3 Å². The maximum Gasteiger partial charge on any atom is 0.309 e. The monoisotopic (exact) mass is 320 g/mol. The van der Waals surface area contributed by atoms with Crippen LogP contribution in [0.5, 0.6) is 11.5 Å². The molecule has 0 aliphatic heterocycles. The third-order valence-electron chi connectivity index (χ3n) is 2.53. The number of rotatable bonds is 4. The second-order valence-corrected chi connectivity index (χ2v) is 4.87. The Morgan fingerprint density at radius 3 is 2.47 bits per heavy atom. The van der Waals surface area contributed by atoms with Gasteiger partial charge in [0, 0.05) is 4.47 Å². The van der Waals surface area contributed by atoms with Crippen molar-refractivity contribution in [1.29, 1.82) is 0 Å². The summed E-state index contributed by atoms with van der Waals surface area (Å²) in [5.41, 5.74) is 0.897. The lowest BCUT2D eigenvalue weighted by Gasteiger charge is -2.07. The van der Waals surface area contributed by atoms with Gasteiger partial charge in [-0.2, -0.15) is 0 Å². The van der Waals surface area contributed by atoms with E-state index < -0.39 is 0 Å². The minimum absolute atomic E-state index is 0.249. The third-order valence-corrected chi connectivity index (χ3v) is 3.02. The van der Waals surface area contributed by atoms with Crippen LogP contribution in [0, 0.1) is 0 Å². The Balaban J connectivity index is 2.04. The first kappa shape index (κ1) is 13.6. The number of hydrogen-bond donors (Lipinski definition) is 0. The van der Waals surface area contributed by atoms with Gasteiger partial charge in [-0.1, -0.05) is 34.1 Å². The standard InChI is InChI=1S/C15H13BrO3/c1-18-15(17)9-11-5-7-13(8-6-11)19-14-4-2-3-12(16)10-14/h2-8,10H,9H2,1H3. The third kappa shape index (κ3) is 4.10. The maximum absolute atomic E-state index is 11.1. The van der Waals surface area contributed by atoms with Gasteiger partial charge in [0.05, 0.1) is 13.5 Å². The predicted octanol–water partition coefficient (Wildman–Crippen LogP) is 3.96. The van der Waals surface area contributed by atoms with Gasteiger partial charge in [-0.25, -0.2) is 0 Å². The summed E-state index contributed by atoms with van der Waals surface area (Å²) in [5.74, 6) is 1.24. The first-order valence-electron chi connectivity index (χ1n) is 5.76. The fourth-order valence-electron chi connectivity index (χ4n) is 1.58. The van der Waals surface area contributed by atoms with Gasteiger partial charge >= 0.3 is 5.97 Å². The Hall–Kier alpha value is -1.81. The van der Waals surface area contributed by atoms with E-state index >= 15 is 0 Å². The minimum Gasteiger partial charge on any atom is -0.469 e. The molecule has 0 aromatic heterocycles. The molecule has 0 saturated heterocycles. The molecule has 0 aliphatic carbocycles. The second-order valence-electron chi connectivity index (χ2n) is 3.96. The van der Waals surface area contributed by atoms with Crippen LogP contribution < -0.4 is 4.74 Å². The summed E-state index contributed by atoms with van der Waals surface area (Å²) in [6, 6.07) is 15.0. The Kier molecular flexibility index (Phi) is 4.58. The molecule has 0 heterocycles. The SMILES string of the molecule is COC(=O)Cc1ccc(Oc2cccc(Br)c2)cc1. The molecule has 0 bridgehead atoms. The normalized spacial score (nSPS) is 10.0.